The number of nitrogens with zero attached hydrogens (tertiary/aromatic N) is 1. The first kappa shape index (κ1) is 13.7. The normalized spacial score (nSPS) is 14.2. The number of aliphatic carboxylic acids is 1. The highest BCUT2D eigenvalue weighted by Gasteiger charge is 2.18. The average molecular weight is 275 g/mol. The first-order valence-electron chi connectivity index (χ1n) is 6.02. The predicted octanol–water partition coefficient (Wildman–Crippen LogP) is 0.518. The lowest BCUT2D eigenvalue weighted by Gasteiger charge is -2.12. The molecule has 1 aromatic carbocycles. The van der Waals surface area contributed by atoms with Crippen LogP contribution in [-0.4, -0.2) is 28.6 Å². The van der Waals surface area contributed by atoms with Crippen molar-refractivity contribution in [3.05, 3.63) is 29.8 Å². The van der Waals surface area contributed by atoms with Gasteiger partial charge in [0.25, 0.3) is 5.91 Å². The molecule has 0 bridgehead atoms. The molecule has 0 fully saturated rings. The summed E-state index contributed by atoms with van der Waals surface area (Å²) in [6.45, 7) is 0. The molecule has 0 aromatic heterocycles. The van der Waals surface area contributed by atoms with E-state index in [9.17, 15) is 14.4 Å². The fourth-order valence-corrected chi connectivity index (χ4v) is 1.72. The quantitative estimate of drug-likeness (QED) is 0.744. The number of hydrogen-bond donors (Lipinski definition) is 3. The van der Waals surface area contributed by atoms with Gasteiger partial charge in [0.05, 0.1) is 6.42 Å². The van der Waals surface area contributed by atoms with Crippen LogP contribution in [0.2, 0.25) is 0 Å². The van der Waals surface area contributed by atoms with Gasteiger partial charge in [0, 0.05) is 18.5 Å². The summed E-state index contributed by atoms with van der Waals surface area (Å²) in [6, 6.07) is 6.51. The van der Waals surface area contributed by atoms with Gasteiger partial charge in [-0.3, -0.25) is 14.4 Å². The maximum atomic E-state index is 11.8. The van der Waals surface area contributed by atoms with Gasteiger partial charge in [0.1, 0.15) is 5.71 Å². The molecule has 0 atom stereocenters. The Bertz CT molecular complexity index is 578. The molecule has 0 unspecified atom stereocenters. The van der Waals surface area contributed by atoms with E-state index >= 15 is 0 Å². The zero-order valence-corrected chi connectivity index (χ0v) is 10.5. The minimum Gasteiger partial charge on any atom is -0.481 e. The second kappa shape index (κ2) is 5.96. The van der Waals surface area contributed by atoms with E-state index in [1.165, 1.54) is 0 Å². The molecule has 2 rings (SSSR count). The molecule has 1 aromatic rings. The summed E-state index contributed by atoms with van der Waals surface area (Å²) < 4.78 is 0. The lowest BCUT2D eigenvalue weighted by Crippen LogP contribution is -2.32. The Morgan fingerprint density at radius 1 is 1.25 bits per heavy atom. The minimum absolute atomic E-state index is 0.0625. The highest BCUT2D eigenvalue weighted by Crippen LogP contribution is 2.11. The van der Waals surface area contributed by atoms with Gasteiger partial charge in [0.15, 0.2) is 0 Å². The van der Waals surface area contributed by atoms with E-state index in [0.717, 1.165) is 0 Å². The monoisotopic (exact) mass is 275 g/mol. The van der Waals surface area contributed by atoms with Crippen LogP contribution in [0.5, 0.6) is 0 Å². The number of hydrazone groups is 1. The van der Waals surface area contributed by atoms with E-state index in [1.54, 1.807) is 24.3 Å². The van der Waals surface area contributed by atoms with Crippen LogP contribution in [-0.2, 0) is 20.8 Å². The fraction of sp³-hybridized carbons (Fsp3) is 0.231. The summed E-state index contributed by atoms with van der Waals surface area (Å²) in [4.78, 5) is 33.3. The number of carbonyl (C=O) groups is 3. The van der Waals surface area contributed by atoms with Crippen LogP contribution >= 0.6 is 0 Å². The number of anilines is 1. The van der Waals surface area contributed by atoms with Crippen molar-refractivity contribution in [1.29, 1.82) is 0 Å². The van der Waals surface area contributed by atoms with Crippen molar-refractivity contribution in [2.75, 3.05) is 5.32 Å². The van der Waals surface area contributed by atoms with E-state index in [-0.39, 0.29) is 30.4 Å². The highest BCUT2D eigenvalue weighted by molar-refractivity contribution is 6.43. The molecule has 0 radical (unpaired) electrons. The SMILES string of the molecule is O=C(O)Cc1ccc(NC(=O)C2=NNC(=O)CC2)cc1. The van der Waals surface area contributed by atoms with E-state index in [0.29, 0.717) is 17.7 Å². The van der Waals surface area contributed by atoms with Crippen molar-refractivity contribution in [1.82, 2.24) is 5.43 Å². The fourth-order valence-electron chi connectivity index (χ4n) is 1.72. The van der Waals surface area contributed by atoms with Crippen LogP contribution in [0.1, 0.15) is 18.4 Å². The summed E-state index contributed by atoms with van der Waals surface area (Å²) in [5.74, 6) is -1.50. The van der Waals surface area contributed by atoms with E-state index in [1.807, 2.05) is 0 Å². The van der Waals surface area contributed by atoms with Crippen molar-refractivity contribution < 1.29 is 19.5 Å². The Morgan fingerprint density at radius 3 is 2.50 bits per heavy atom. The zero-order chi connectivity index (χ0) is 14.5. The van der Waals surface area contributed by atoms with E-state index < -0.39 is 5.97 Å². The Hall–Kier alpha value is -2.70. The number of amides is 2. The van der Waals surface area contributed by atoms with Crippen molar-refractivity contribution in [3.63, 3.8) is 0 Å². The Labute approximate surface area is 114 Å². The van der Waals surface area contributed by atoms with Crippen LogP contribution in [0.25, 0.3) is 0 Å². The summed E-state index contributed by atoms with van der Waals surface area (Å²) in [6.07, 6.45) is 0.478. The van der Waals surface area contributed by atoms with Gasteiger partial charge in [-0.15, -0.1) is 0 Å². The molecule has 0 spiro atoms. The molecule has 0 aliphatic carbocycles. The van der Waals surface area contributed by atoms with Crippen molar-refractivity contribution >= 4 is 29.2 Å². The summed E-state index contributed by atoms with van der Waals surface area (Å²) in [5, 5.41) is 15.0. The zero-order valence-electron chi connectivity index (χ0n) is 10.5. The smallest absolute Gasteiger partial charge is 0.307 e. The lowest BCUT2D eigenvalue weighted by atomic mass is 10.1. The summed E-state index contributed by atoms with van der Waals surface area (Å²) in [5.41, 5.74) is 3.71. The van der Waals surface area contributed by atoms with Gasteiger partial charge in [-0.1, -0.05) is 12.1 Å². The summed E-state index contributed by atoms with van der Waals surface area (Å²) >= 11 is 0. The number of carboxylic acid groups (broad SMARTS) is 1. The molecule has 1 aliphatic rings. The standard InChI is InChI=1S/C13H13N3O4/c17-11-6-5-10(15-16-11)13(20)14-9-3-1-8(2-4-9)7-12(18)19/h1-4H,5-7H2,(H,14,20)(H,16,17)(H,18,19). The van der Waals surface area contributed by atoms with Gasteiger partial charge < -0.3 is 10.4 Å². The molecular weight excluding hydrogens is 262 g/mol. The van der Waals surface area contributed by atoms with Crippen LogP contribution < -0.4 is 10.7 Å². The van der Waals surface area contributed by atoms with Gasteiger partial charge in [-0.25, -0.2) is 5.43 Å². The number of carboxylic acids is 1. The van der Waals surface area contributed by atoms with Crippen LogP contribution in [0.3, 0.4) is 0 Å². The lowest BCUT2D eigenvalue weighted by molar-refractivity contribution is -0.136. The third-order valence-electron chi connectivity index (χ3n) is 2.73. The average Bonchev–Trinajstić information content (AvgIpc) is 2.41. The van der Waals surface area contributed by atoms with Gasteiger partial charge in [0.2, 0.25) is 5.91 Å². The Morgan fingerprint density at radius 2 is 1.95 bits per heavy atom. The largest absolute Gasteiger partial charge is 0.481 e. The number of nitrogens with one attached hydrogen (secondary N) is 2. The molecular formula is C13H13N3O4. The first-order valence-corrected chi connectivity index (χ1v) is 6.02. The van der Waals surface area contributed by atoms with Crippen LogP contribution in [0, 0.1) is 0 Å². The number of carbonyl (C=O) groups excluding carboxylic acids is 2. The molecule has 104 valence electrons. The molecule has 1 aliphatic heterocycles. The van der Waals surface area contributed by atoms with E-state index in [2.05, 4.69) is 15.8 Å². The molecule has 20 heavy (non-hydrogen) atoms. The Balaban J connectivity index is 1.97. The first-order chi connectivity index (χ1) is 9.54. The molecule has 7 heteroatoms. The van der Waals surface area contributed by atoms with Crippen LogP contribution in [0.4, 0.5) is 5.69 Å². The number of hydrogen-bond acceptors (Lipinski definition) is 4. The Kier molecular flexibility index (Phi) is 4.09. The van der Waals surface area contributed by atoms with Gasteiger partial charge in [-0.2, -0.15) is 5.10 Å². The maximum absolute atomic E-state index is 11.8. The number of benzene rings is 1. The molecule has 0 saturated carbocycles. The molecule has 1 heterocycles. The van der Waals surface area contributed by atoms with Gasteiger partial charge >= 0.3 is 5.97 Å². The molecule has 2 amide bonds. The van der Waals surface area contributed by atoms with Crippen molar-refractivity contribution in [2.24, 2.45) is 5.10 Å². The topological polar surface area (TPSA) is 108 Å². The van der Waals surface area contributed by atoms with Crippen molar-refractivity contribution in [3.8, 4) is 0 Å². The molecule has 3 N–H and O–H groups in total. The highest BCUT2D eigenvalue weighted by atomic mass is 16.4. The van der Waals surface area contributed by atoms with Crippen molar-refractivity contribution in [2.45, 2.75) is 19.3 Å². The second-order valence-electron chi connectivity index (χ2n) is 4.32. The predicted molar refractivity (Wildman–Crippen MR) is 71.2 cm³/mol. The van der Waals surface area contributed by atoms with Gasteiger partial charge in [-0.05, 0) is 17.7 Å². The molecule has 0 saturated heterocycles. The molecule has 7 nitrogen and oxygen atoms in total. The maximum Gasteiger partial charge on any atom is 0.307 e. The third kappa shape index (κ3) is 3.64. The second-order valence-corrected chi connectivity index (χ2v) is 4.32. The summed E-state index contributed by atoms with van der Waals surface area (Å²) in [7, 11) is 0. The van der Waals surface area contributed by atoms with E-state index in [4.69, 9.17) is 5.11 Å². The minimum atomic E-state index is -0.908. The van der Waals surface area contributed by atoms with Crippen LogP contribution in [0.15, 0.2) is 29.4 Å². The number of rotatable bonds is 4. The third-order valence-corrected chi connectivity index (χ3v) is 2.73.